The van der Waals surface area contributed by atoms with Gasteiger partial charge in [-0.05, 0) is 48.0 Å². The highest BCUT2D eigenvalue weighted by Gasteiger charge is 2.11. The van der Waals surface area contributed by atoms with Crippen molar-refractivity contribution < 1.29 is 19.0 Å². The van der Waals surface area contributed by atoms with Crippen LogP contribution >= 0.6 is 11.6 Å². The number of rotatable bonds is 9. The number of nitrogen functional groups attached to an aromatic ring is 1. The lowest BCUT2D eigenvalue weighted by molar-refractivity contribution is 0.0472. The predicted octanol–water partition coefficient (Wildman–Crippen LogP) is 5.13. The maximum absolute atomic E-state index is 12.3. The molecule has 0 fully saturated rings. The molecule has 0 heterocycles. The van der Waals surface area contributed by atoms with Crippen LogP contribution in [-0.2, 0) is 11.3 Å². The van der Waals surface area contributed by atoms with Crippen molar-refractivity contribution in [3.8, 4) is 11.5 Å². The standard InChI is InChI=1S/C23H22ClNO4/c24-19-8-10-20(11-9-19)27-13-4-14-28-22-15-18(7-12-21(22)25)23(26)29-16-17-5-2-1-3-6-17/h1-3,5-12,15H,4,13-14,16,25H2. The summed E-state index contributed by atoms with van der Waals surface area (Å²) in [4.78, 5) is 12.3. The zero-order valence-corrected chi connectivity index (χ0v) is 16.6. The second kappa shape index (κ2) is 10.4. The van der Waals surface area contributed by atoms with Gasteiger partial charge in [0.1, 0.15) is 18.1 Å². The van der Waals surface area contributed by atoms with E-state index in [0.717, 1.165) is 11.3 Å². The number of carbonyl (C=O) groups is 1. The molecule has 0 bridgehead atoms. The first-order chi connectivity index (χ1) is 14.1. The van der Waals surface area contributed by atoms with Crippen LogP contribution in [0.25, 0.3) is 0 Å². The molecule has 0 atom stereocenters. The molecule has 3 rings (SSSR count). The number of anilines is 1. The minimum Gasteiger partial charge on any atom is -0.493 e. The number of carbonyl (C=O) groups excluding carboxylic acids is 1. The Morgan fingerprint density at radius 2 is 1.62 bits per heavy atom. The van der Waals surface area contributed by atoms with Gasteiger partial charge in [0.15, 0.2) is 0 Å². The molecule has 0 aliphatic heterocycles. The number of halogens is 1. The molecule has 0 amide bonds. The average molecular weight is 412 g/mol. The molecule has 0 saturated heterocycles. The normalized spacial score (nSPS) is 10.4. The SMILES string of the molecule is Nc1ccc(C(=O)OCc2ccccc2)cc1OCCCOc1ccc(Cl)cc1. The molecule has 0 saturated carbocycles. The molecule has 0 aromatic heterocycles. The van der Waals surface area contributed by atoms with E-state index in [0.29, 0.717) is 41.7 Å². The first-order valence-electron chi connectivity index (χ1n) is 9.23. The molecule has 0 spiro atoms. The summed E-state index contributed by atoms with van der Waals surface area (Å²) in [6, 6.07) is 21.5. The van der Waals surface area contributed by atoms with E-state index in [1.807, 2.05) is 42.5 Å². The Kier molecular flexibility index (Phi) is 7.36. The van der Waals surface area contributed by atoms with Gasteiger partial charge in [-0.1, -0.05) is 41.9 Å². The Bertz CT molecular complexity index is 929. The Morgan fingerprint density at radius 3 is 2.38 bits per heavy atom. The fourth-order valence-corrected chi connectivity index (χ4v) is 2.68. The maximum Gasteiger partial charge on any atom is 0.338 e. The summed E-state index contributed by atoms with van der Waals surface area (Å²) in [7, 11) is 0. The van der Waals surface area contributed by atoms with Crippen LogP contribution in [0, 0.1) is 0 Å². The van der Waals surface area contributed by atoms with Gasteiger partial charge in [0.2, 0.25) is 0 Å². The molecule has 0 aliphatic carbocycles. The van der Waals surface area contributed by atoms with Gasteiger partial charge in [-0.25, -0.2) is 4.79 Å². The summed E-state index contributed by atoms with van der Waals surface area (Å²) >= 11 is 5.84. The van der Waals surface area contributed by atoms with E-state index in [4.69, 9.17) is 31.5 Å². The Balaban J connectivity index is 1.46. The van der Waals surface area contributed by atoms with Gasteiger partial charge >= 0.3 is 5.97 Å². The monoisotopic (exact) mass is 411 g/mol. The summed E-state index contributed by atoms with van der Waals surface area (Å²) in [5.41, 5.74) is 7.73. The Morgan fingerprint density at radius 1 is 0.897 bits per heavy atom. The molecule has 3 aromatic rings. The van der Waals surface area contributed by atoms with Crippen LogP contribution in [0.4, 0.5) is 5.69 Å². The quantitative estimate of drug-likeness (QED) is 0.300. The van der Waals surface area contributed by atoms with Gasteiger partial charge in [0.25, 0.3) is 0 Å². The number of nitrogens with two attached hydrogens (primary N) is 1. The highest BCUT2D eigenvalue weighted by molar-refractivity contribution is 6.30. The van der Waals surface area contributed by atoms with Crippen LogP contribution in [0.1, 0.15) is 22.3 Å². The molecular formula is C23H22ClNO4. The van der Waals surface area contributed by atoms with Gasteiger partial charge < -0.3 is 19.9 Å². The Labute approximate surface area is 175 Å². The first kappa shape index (κ1) is 20.6. The molecule has 2 N–H and O–H groups in total. The van der Waals surface area contributed by atoms with Crippen LogP contribution in [0.15, 0.2) is 72.8 Å². The first-order valence-corrected chi connectivity index (χ1v) is 9.61. The van der Waals surface area contributed by atoms with E-state index < -0.39 is 5.97 Å². The zero-order valence-electron chi connectivity index (χ0n) is 15.8. The fourth-order valence-electron chi connectivity index (χ4n) is 2.55. The number of benzene rings is 3. The third-order valence-electron chi connectivity index (χ3n) is 4.09. The molecule has 0 aliphatic rings. The van der Waals surface area contributed by atoms with Gasteiger partial charge in [-0.3, -0.25) is 0 Å². The molecule has 29 heavy (non-hydrogen) atoms. The van der Waals surface area contributed by atoms with Crippen molar-refractivity contribution in [1.29, 1.82) is 0 Å². The van der Waals surface area contributed by atoms with Gasteiger partial charge in [0, 0.05) is 11.4 Å². The largest absolute Gasteiger partial charge is 0.493 e. The van der Waals surface area contributed by atoms with E-state index >= 15 is 0 Å². The summed E-state index contributed by atoms with van der Waals surface area (Å²) in [5, 5.41) is 0.665. The van der Waals surface area contributed by atoms with Crippen LogP contribution in [0.5, 0.6) is 11.5 Å². The predicted molar refractivity (Wildman–Crippen MR) is 113 cm³/mol. The lowest BCUT2D eigenvalue weighted by Gasteiger charge is -2.11. The summed E-state index contributed by atoms with van der Waals surface area (Å²) < 4.78 is 16.7. The van der Waals surface area contributed by atoms with E-state index in [1.54, 1.807) is 30.3 Å². The molecular weight excluding hydrogens is 390 g/mol. The third-order valence-corrected chi connectivity index (χ3v) is 4.34. The average Bonchev–Trinajstić information content (AvgIpc) is 2.75. The summed E-state index contributed by atoms with van der Waals surface area (Å²) in [6.07, 6.45) is 0.657. The summed E-state index contributed by atoms with van der Waals surface area (Å²) in [6.45, 7) is 1.10. The lowest BCUT2D eigenvalue weighted by atomic mass is 10.2. The van der Waals surface area contributed by atoms with Crippen molar-refractivity contribution in [3.05, 3.63) is 88.9 Å². The Hall–Kier alpha value is -3.18. The number of hydrogen-bond acceptors (Lipinski definition) is 5. The zero-order chi connectivity index (χ0) is 20.5. The van der Waals surface area contributed by atoms with Crippen LogP contribution in [0.3, 0.4) is 0 Å². The highest BCUT2D eigenvalue weighted by Crippen LogP contribution is 2.24. The van der Waals surface area contributed by atoms with Crippen molar-refractivity contribution >= 4 is 23.3 Å². The van der Waals surface area contributed by atoms with Crippen molar-refractivity contribution in [2.75, 3.05) is 18.9 Å². The third kappa shape index (κ3) is 6.43. The number of hydrogen-bond donors (Lipinski definition) is 1. The van der Waals surface area contributed by atoms with E-state index in [2.05, 4.69) is 0 Å². The topological polar surface area (TPSA) is 70.8 Å². The second-order valence-electron chi connectivity index (χ2n) is 6.32. The molecule has 6 heteroatoms. The fraction of sp³-hybridized carbons (Fsp3) is 0.174. The minimum absolute atomic E-state index is 0.211. The second-order valence-corrected chi connectivity index (χ2v) is 6.76. The number of ether oxygens (including phenoxy) is 3. The molecule has 150 valence electrons. The van der Waals surface area contributed by atoms with Gasteiger partial charge in [-0.2, -0.15) is 0 Å². The maximum atomic E-state index is 12.3. The van der Waals surface area contributed by atoms with Crippen LogP contribution < -0.4 is 15.2 Å². The van der Waals surface area contributed by atoms with E-state index in [1.165, 1.54) is 0 Å². The molecule has 3 aromatic carbocycles. The van der Waals surface area contributed by atoms with E-state index in [9.17, 15) is 4.79 Å². The van der Waals surface area contributed by atoms with Crippen molar-refractivity contribution in [2.24, 2.45) is 0 Å². The van der Waals surface area contributed by atoms with Crippen molar-refractivity contribution in [1.82, 2.24) is 0 Å². The molecule has 0 unspecified atom stereocenters. The number of esters is 1. The lowest BCUT2D eigenvalue weighted by Crippen LogP contribution is -2.08. The van der Waals surface area contributed by atoms with Gasteiger partial charge in [-0.15, -0.1) is 0 Å². The van der Waals surface area contributed by atoms with Crippen LogP contribution in [0.2, 0.25) is 5.02 Å². The van der Waals surface area contributed by atoms with Gasteiger partial charge in [0.05, 0.1) is 24.5 Å². The highest BCUT2D eigenvalue weighted by atomic mass is 35.5. The smallest absolute Gasteiger partial charge is 0.338 e. The minimum atomic E-state index is -0.426. The van der Waals surface area contributed by atoms with Crippen molar-refractivity contribution in [2.45, 2.75) is 13.0 Å². The van der Waals surface area contributed by atoms with E-state index in [-0.39, 0.29) is 6.61 Å². The summed E-state index contributed by atoms with van der Waals surface area (Å²) in [5.74, 6) is 0.771. The van der Waals surface area contributed by atoms with Crippen molar-refractivity contribution in [3.63, 3.8) is 0 Å². The van der Waals surface area contributed by atoms with Crippen LogP contribution in [-0.4, -0.2) is 19.2 Å². The molecule has 5 nitrogen and oxygen atoms in total. The molecule has 0 radical (unpaired) electrons.